The van der Waals surface area contributed by atoms with Gasteiger partial charge in [0.1, 0.15) is 0 Å². The molecule has 0 aliphatic carbocycles. The first kappa shape index (κ1) is 16.9. The van der Waals surface area contributed by atoms with Crippen LogP contribution in [-0.2, 0) is 10.0 Å². The monoisotopic (exact) mass is 380 g/mol. The van der Waals surface area contributed by atoms with E-state index in [0.717, 1.165) is 4.90 Å². The van der Waals surface area contributed by atoms with Gasteiger partial charge in [0.15, 0.2) is 0 Å². The first-order valence-electron chi connectivity index (χ1n) is 7.85. The van der Waals surface area contributed by atoms with E-state index < -0.39 is 21.8 Å². The Labute approximate surface area is 154 Å². The third-order valence-electron chi connectivity index (χ3n) is 3.99. The summed E-state index contributed by atoms with van der Waals surface area (Å²) in [5, 5.41) is 0. The number of anilines is 2. The third-order valence-corrected chi connectivity index (χ3v) is 5.33. The van der Waals surface area contributed by atoms with Gasteiger partial charge >= 0.3 is 0 Å². The number of rotatable bonds is 4. The molecule has 0 unspecified atom stereocenters. The summed E-state index contributed by atoms with van der Waals surface area (Å²) in [6, 6.07) is 13.5. The van der Waals surface area contributed by atoms with E-state index in [4.69, 9.17) is 0 Å². The molecule has 3 aromatic rings. The predicted octanol–water partition coefficient (Wildman–Crippen LogP) is 2.08. The first-order valence-corrected chi connectivity index (χ1v) is 9.33. The van der Waals surface area contributed by atoms with Crippen LogP contribution in [0.4, 0.5) is 11.6 Å². The van der Waals surface area contributed by atoms with E-state index >= 15 is 0 Å². The van der Waals surface area contributed by atoms with Crippen molar-refractivity contribution in [1.29, 1.82) is 0 Å². The van der Waals surface area contributed by atoms with Gasteiger partial charge < -0.3 is 0 Å². The van der Waals surface area contributed by atoms with Gasteiger partial charge in [-0.15, -0.1) is 0 Å². The van der Waals surface area contributed by atoms with Crippen LogP contribution in [0.25, 0.3) is 0 Å². The van der Waals surface area contributed by atoms with Crippen LogP contribution in [0.3, 0.4) is 0 Å². The highest BCUT2D eigenvalue weighted by Gasteiger charge is 2.36. The maximum absolute atomic E-state index is 12.5. The average Bonchev–Trinajstić information content (AvgIpc) is 2.93. The number of sulfonamides is 1. The van der Waals surface area contributed by atoms with Gasteiger partial charge in [-0.3, -0.25) is 9.59 Å². The zero-order chi connectivity index (χ0) is 19.0. The summed E-state index contributed by atoms with van der Waals surface area (Å²) < 4.78 is 27.1. The second-order valence-electron chi connectivity index (χ2n) is 5.66. The van der Waals surface area contributed by atoms with Crippen molar-refractivity contribution >= 4 is 33.5 Å². The van der Waals surface area contributed by atoms with Crippen LogP contribution in [-0.4, -0.2) is 30.2 Å². The minimum absolute atomic E-state index is 0.0460. The Bertz CT molecular complexity index is 1110. The molecule has 2 aromatic carbocycles. The number of hydrogen-bond acceptors (Lipinski definition) is 6. The molecule has 27 heavy (non-hydrogen) atoms. The number of nitrogens with one attached hydrogen (secondary N) is 1. The van der Waals surface area contributed by atoms with Crippen LogP contribution in [0.5, 0.6) is 0 Å². The molecular formula is C18H12N4O4S. The fraction of sp³-hybridized carbons (Fsp3) is 0. The highest BCUT2D eigenvalue weighted by molar-refractivity contribution is 7.92. The maximum atomic E-state index is 12.5. The molecule has 0 radical (unpaired) electrons. The van der Waals surface area contributed by atoms with Crippen molar-refractivity contribution in [2.75, 3.05) is 9.62 Å². The Morgan fingerprint density at radius 3 is 1.89 bits per heavy atom. The number of fused-ring (bicyclic) bond motifs is 1. The molecule has 1 N–H and O–H groups in total. The van der Waals surface area contributed by atoms with Crippen LogP contribution in [0.15, 0.2) is 71.9 Å². The molecule has 8 nitrogen and oxygen atoms in total. The molecule has 2 heterocycles. The van der Waals surface area contributed by atoms with Crippen LogP contribution in [0.2, 0.25) is 0 Å². The molecule has 0 saturated heterocycles. The minimum Gasteiger partial charge on any atom is -0.268 e. The van der Waals surface area contributed by atoms with Crippen LogP contribution < -0.4 is 9.62 Å². The normalized spacial score (nSPS) is 13.6. The van der Waals surface area contributed by atoms with Gasteiger partial charge in [0.05, 0.1) is 21.7 Å². The van der Waals surface area contributed by atoms with E-state index in [0.29, 0.717) is 11.1 Å². The van der Waals surface area contributed by atoms with Crippen molar-refractivity contribution in [2.24, 2.45) is 0 Å². The van der Waals surface area contributed by atoms with Gasteiger partial charge in [0.2, 0.25) is 5.95 Å². The summed E-state index contributed by atoms with van der Waals surface area (Å²) in [6.45, 7) is 0. The minimum atomic E-state index is -3.90. The molecule has 134 valence electrons. The van der Waals surface area contributed by atoms with E-state index in [2.05, 4.69) is 14.7 Å². The van der Waals surface area contributed by atoms with Crippen molar-refractivity contribution in [3.05, 3.63) is 78.1 Å². The van der Waals surface area contributed by atoms with Gasteiger partial charge in [-0.05, 0) is 42.5 Å². The van der Waals surface area contributed by atoms with E-state index in [1.807, 2.05) is 0 Å². The molecule has 0 saturated carbocycles. The second-order valence-corrected chi connectivity index (χ2v) is 7.35. The van der Waals surface area contributed by atoms with Crippen molar-refractivity contribution in [3.8, 4) is 0 Å². The molecule has 4 rings (SSSR count). The average molecular weight is 380 g/mol. The smallest absolute Gasteiger partial charge is 0.266 e. The lowest BCUT2D eigenvalue weighted by Gasteiger charge is -2.14. The molecule has 1 aliphatic heterocycles. The van der Waals surface area contributed by atoms with E-state index in [1.54, 1.807) is 30.3 Å². The lowest BCUT2D eigenvalue weighted by atomic mass is 10.1. The van der Waals surface area contributed by atoms with E-state index in [-0.39, 0.29) is 16.5 Å². The molecule has 0 fully saturated rings. The Balaban J connectivity index is 1.62. The molecule has 1 aliphatic rings. The molecule has 9 heteroatoms. The quantitative estimate of drug-likeness (QED) is 0.694. The van der Waals surface area contributed by atoms with Crippen molar-refractivity contribution < 1.29 is 18.0 Å². The lowest BCUT2D eigenvalue weighted by Crippen LogP contribution is -2.29. The third kappa shape index (κ3) is 2.93. The highest BCUT2D eigenvalue weighted by Crippen LogP contribution is 2.29. The fourth-order valence-electron chi connectivity index (χ4n) is 2.73. The van der Waals surface area contributed by atoms with Crippen LogP contribution in [0, 0.1) is 0 Å². The molecule has 1 aromatic heterocycles. The summed E-state index contributed by atoms with van der Waals surface area (Å²) in [5.41, 5.74) is 0.931. The lowest BCUT2D eigenvalue weighted by molar-refractivity contribution is 0.0926. The summed E-state index contributed by atoms with van der Waals surface area (Å²) in [7, 11) is -3.90. The van der Waals surface area contributed by atoms with Gasteiger partial charge in [-0.2, -0.15) is 0 Å². The second kappa shape index (κ2) is 6.29. The standard InChI is InChI=1S/C18H12N4O4S/c23-16-14-4-1-2-5-15(14)17(24)22(16)12-6-8-13(9-7-12)27(25,26)21-18-19-10-3-11-20-18/h1-11H,(H,19,20,21). The highest BCUT2D eigenvalue weighted by atomic mass is 32.2. The molecular weight excluding hydrogens is 368 g/mol. The molecule has 0 atom stereocenters. The number of carbonyl (C=O) groups is 2. The first-order chi connectivity index (χ1) is 13.0. The van der Waals surface area contributed by atoms with Gasteiger partial charge in [-0.1, -0.05) is 12.1 Å². The Hall–Kier alpha value is -3.59. The van der Waals surface area contributed by atoms with Crippen LogP contribution in [0.1, 0.15) is 20.7 Å². The van der Waals surface area contributed by atoms with Crippen molar-refractivity contribution in [1.82, 2.24) is 9.97 Å². The Morgan fingerprint density at radius 2 is 1.33 bits per heavy atom. The van der Waals surface area contributed by atoms with Crippen molar-refractivity contribution in [2.45, 2.75) is 4.90 Å². The van der Waals surface area contributed by atoms with E-state index in [1.165, 1.54) is 36.7 Å². The van der Waals surface area contributed by atoms with Gasteiger partial charge in [0.25, 0.3) is 21.8 Å². The zero-order valence-corrected chi connectivity index (χ0v) is 14.6. The Kier molecular flexibility index (Phi) is 3.93. The SMILES string of the molecule is O=C1c2ccccc2C(=O)N1c1ccc(S(=O)(=O)Nc2ncccn2)cc1. The largest absolute Gasteiger partial charge is 0.268 e. The molecule has 0 spiro atoms. The number of aromatic nitrogens is 2. The number of hydrogen-bond donors (Lipinski definition) is 1. The molecule has 2 amide bonds. The summed E-state index contributed by atoms with van der Waals surface area (Å²) in [5.74, 6) is -0.939. The number of nitrogens with zero attached hydrogens (tertiary/aromatic N) is 3. The number of imide groups is 1. The molecule has 0 bridgehead atoms. The number of benzene rings is 2. The van der Waals surface area contributed by atoms with Crippen molar-refractivity contribution in [3.63, 3.8) is 0 Å². The van der Waals surface area contributed by atoms with E-state index in [9.17, 15) is 18.0 Å². The van der Waals surface area contributed by atoms with Gasteiger partial charge in [0, 0.05) is 12.4 Å². The maximum Gasteiger partial charge on any atom is 0.266 e. The summed E-state index contributed by atoms with van der Waals surface area (Å²) >= 11 is 0. The summed E-state index contributed by atoms with van der Waals surface area (Å²) in [4.78, 5) is 33.6. The fourth-order valence-corrected chi connectivity index (χ4v) is 3.69. The topological polar surface area (TPSA) is 109 Å². The Morgan fingerprint density at radius 1 is 0.778 bits per heavy atom. The predicted molar refractivity (Wildman–Crippen MR) is 96.9 cm³/mol. The van der Waals surface area contributed by atoms with Crippen LogP contribution >= 0.6 is 0 Å². The summed E-state index contributed by atoms with van der Waals surface area (Å²) in [6.07, 6.45) is 2.83. The number of carbonyl (C=O) groups excluding carboxylic acids is 2. The van der Waals surface area contributed by atoms with Gasteiger partial charge in [-0.25, -0.2) is 28.0 Å². The zero-order valence-electron chi connectivity index (χ0n) is 13.7. The number of amides is 2.